The standard InChI is InChI=1S/C37H33N3S/c1-36(2,3)33-18-16-28-29(21-24-10-9-19-38-34(24)35(28)39-33)23-15-17-32-30(20-23)27-13-6-7-14-31(27)40(32)26-12-8-11-25(22-26)37(4,5)41/h6-22,41H,1-5H3. The Morgan fingerprint density at radius 3 is 2.27 bits per heavy atom. The Morgan fingerprint density at radius 1 is 0.659 bits per heavy atom. The predicted molar refractivity (Wildman–Crippen MR) is 178 cm³/mol. The van der Waals surface area contributed by atoms with E-state index in [9.17, 15) is 0 Å². The summed E-state index contributed by atoms with van der Waals surface area (Å²) in [5.41, 5.74) is 9.98. The Labute approximate surface area is 246 Å². The third-order valence-corrected chi connectivity index (χ3v) is 8.37. The number of nitrogens with zero attached hydrogens (tertiary/aromatic N) is 3. The van der Waals surface area contributed by atoms with Crippen LogP contribution in [0.1, 0.15) is 45.9 Å². The molecule has 3 nitrogen and oxygen atoms in total. The third-order valence-electron chi connectivity index (χ3n) is 8.11. The van der Waals surface area contributed by atoms with Crippen LogP contribution >= 0.6 is 12.6 Å². The highest BCUT2D eigenvalue weighted by Gasteiger charge is 2.20. The molecule has 0 amide bonds. The van der Waals surface area contributed by atoms with Gasteiger partial charge in [-0.3, -0.25) is 4.98 Å². The molecule has 0 N–H and O–H groups in total. The number of hydrogen-bond acceptors (Lipinski definition) is 3. The summed E-state index contributed by atoms with van der Waals surface area (Å²) >= 11 is 4.85. The topological polar surface area (TPSA) is 30.7 Å². The van der Waals surface area contributed by atoms with Gasteiger partial charge in [0.1, 0.15) is 0 Å². The lowest BCUT2D eigenvalue weighted by atomic mass is 9.90. The molecule has 202 valence electrons. The van der Waals surface area contributed by atoms with Crippen molar-refractivity contribution < 1.29 is 0 Å². The Bertz CT molecular complexity index is 2120. The summed E-state index contributed by atoms with van der Waals surface area (Å²) in [6, 6.07) is 35.1. The van der Waals surface area contributed by atoms with Crippen molar-refractivity contribution in [1.82, 2.24) is 14.5 Å². The van der Waals surface area contributed by atoms with Crippen LogP contribution in [0.2, 0.25) is 0 Å². The monoisotopic (exact) mass is 551 g/mol. The molecule has 0 atom stereocenters. The maximum atomic E-state index is 5.17. The number of rotatable bonds is 3. The van der Waals surface area contributed by atoms with E-state index in [2.05, 4.69) is 130 Å². The van der Waals surface area contributed by atoms with Crippen LogP contribution < -0.4 is 0 Å². The summed E-state index contributed by atoms with van der Waals surface area (Å²) < 4.78 is 2.14. The fraction of sp³-hybridized carbons (Fsp3) is 0.189. The Morgan fingerprint density at radius 2 is 1.46 bits per heavy atom. The fourth-order valence-electron chi connectivity index (χ4n) is 5.92. The number of thiol groups is 1. The molecule has 3 heterocycles. The highest BCUT2D eigenvalue weighted by atomic mass is 32.1. The SMILES string of the molecule is CC(C)(C)c1ccc2c(-c3ccc4c(c3)c3ccccc3n4-c3cccc(C(C)(C)S)c3)cc3cccnc3c2n1. The van der Waals surface area contributed by atoms with E-state index in [4.69, 9.17) is 22.6 Å². The first-order valence-corrected chi connectivity index (χ1v) is 14.6. The molecule has 0 aliphatic heterocycles. The molecule has 0 bridgehead atoms. The number of benzene rings is 4. The largest absolute Gasteiger partial charge is 0.309 e. The van der Waals surface area contributed by atoms with Crippen molar-refractivity contribution in [3.63, 3.8) is 0 Å². The first-order valence-electron chi connectivity index (χ1n) is 14.2. The van der Waals surface area contributed by atoms with E-state index in [1.807, 2.05) is 12.3 Å². The van der Waals surface area contributed by atoms with E-state index in [1.165, 1.54) is 38.5 Å². The van der Waals surface area contributed by atoms with Crippen LogP contribution in [0.3, 0.4) is 0 Å². The quantitative estimate of drug-likeness (QED) is 0.175. The lowest BCUT2D eigenvalue weighted by Crippen LogP contribution is -2.13. The van der Waals surface area contributed by atoms with Crippen molar-refractivity contribution in [3.8, 4) is 16.8 Å². The minimum atomic E-state index is -0.227. The third kappa shape index (κ3) is 4.29. The summed E-state index contributed by atoms with van der Waals surface area (Å²) in [4.78, 5) is 9.92. The summed E-state index contributed by atoms with van der Waals surface area (Å²) in [5, 5.41) is 4.69. The average molecular weight is 552 g/mol. The van der Waals surface area contributed by atoms with Crippen LogP contribution in [0.4, 0.5) is 0 Å². The van der Waals surface area contributed by atoms with E-state index in [-0.39, 0.29) is 10.2 Å². The van der Waals surface area contributed by atoms with Gasteiger partial charge in [-0.25, -0.2) is 4.98 Å². The first kappa shape index (κ1) is 25.8. The average Bonchev–Trinajstić information content (AvgIpc) is 3.29. The van der Waals surface area contributed by atoms with Gasteiger partial charge in [0.25, 0.3) is 0 Å². The highest BCUT2D eigenvalue weighted by molar-refractivity contribution is 7.81. The van der Waals surface area contributed by atoms with E-state index < -0.39 is 0 Å². The van der Waals surface area contributed by atoms with Crippen molar-refractivity contribution in [1.29, 1.82) is 0 Å². The lowest BCUT2D eigenvalue weighted by Gasteiger charge is -2.20. The second-order valence-corrected chi connectivity index (χ2v) is 13.7. The van der Waals surface area contributed by atoms with E-state index in [1.54, 1.807) is 0 Å². The van der Waals surface area contributed by atoms with Gasteiger partial charge in [0, 0.05) is 49.3 Å². The second-order valence-electron chi connectivity index (χ2n) is 12.5. The van der Waals surface area contributed by atoms with Gasteiger partial charge in [-0.2, -0.15) is 12.6 Å². The minimum absolute atomic E-state index is 0.0501. The predicted octanol–water partition coefficient (Wildman–Crippen LogP) is 10.0. The molecule has 0 aliphatic carbocycles. The van der Waals surface area contributed by atoms with Crippen LogP contribution in [0.15, 0.2) is 103 Å². The van der Waals surface area contributed by atoms with E-state index in [0.717, 1.165) is 33.2 Å². The maximum Gasteiger partial charge on any atom is 0.0974 e. The Kier molecular flexibility index (Phi) is 5.78. The summed E-state index contributed by atoms with van der Waals surface area (Å²) in [6.45, 7) is 10.9. The number of hydrogen-bond donors (Lipinski definition) is 1. The van der Waals surface area contributed by atoms with Gasteiger partial charge in [0.15, 0.2) is 0 Å². The minimum Gasteiger partial charge on any atom is -0.309 e. The van der Waals surface area contributed by atoms with Gasteiger partial charge in [0.05, 0.1) is 22.1 Å². The zero-order chi connectivity index (χ0) is 28.5. The molecule has 41 heavy (non-hydrogen) atoms. The molecule has 7 aromatic rings. The Balaban J connectivity index is 1.50. The van der Waals surface area contributed by atoms with Gasteiger partial charge in [0.2, 0.25) is 0 Å². The molecule has 0 aliphatic rings. The van der Waals surface area contributed by atoms with Crippen molar-refractivity contribution in [2.45, 2.75) is 44.8 Å². The molecule has 3 aromatic heterocycles. The van der Waals surface area contributed by atoms with Gasteiger partial charge in [-0.15, -0.1) is 0 Å². The van der Waals surface area contributed by atoms with Gasteiger partial charge in [-0.05, 0) is 79.1 Å². The summed E-state index contributed by atoms with van der Waals surface area (Å²) in [6.07, 6.45) is 1.86. The summed E-state index contributed by atoms with van der Waals surface area (Å²) in [5.74, 6) is 0. The van der Waals surface area contributed by atoms with E-state index in [0.29, 0.717) is 0 Å². The first-order chi connectivity index (χ1) is 19.6. The molecule has 4 aromatic carbocycles. The van der Waals surface area contributed by atoms with E-state index >= 15 is 0 Å². The number of fused-ring (bicyclic) bond motifs is 6. The van der Waals surface area contributed by atoms with Gasteiger partial charge < -0.3 is 4.57 Å². The van der Waals surface area contributed by atoms with Crippen LogP contribution in [-0.4, -0.2) is 14.5 Å². The second kappa shape index (κ2) is 9.19. The van der Waals surface area contributed by atoms with Crippen LogP contribution in [0.25, 0.3) is 60.4 Å². The van der Waals surface area contributed by atoms with Crippen LogP contribution in [0, 0.1) is 0 Å². The molecule has 0 unspecified atom stereocenters. The van der Waals surface area contributed by atoms with Crippen LogP contribution in [0.5, 0.6) is 0 Å². The zero-order valence-electron chi connectivity index (χ0n) is 24.1. The number of pyridine rings is 2. The molecular formula is C37H33N3S. The molecule has 0 radical (unpaired) electrons. The highest BCUT2D eigenvalue weighted by Crippen LogP contribution is 2.39. The smallest absolute Gasteiger partial charge is 0.0974 e. The van der Waals surface area contributed by atoms with Crippen molar-refractivity contribution in [2.75, 3.05) is 0 Å². The normalized spacial score (nSPS) is 12.6. The molecule has 0 spiro atoms. The molecule has 0 fully saturated rings. The lowest BCUT2D eigenvalue weighted by molar-refractivity contribution is 0.571. The fourth-order valence-corrected chi connectivity index (χ4v) is 6.06. The molecule has 4 heteroatoms. The summed E-state index contributed by atoms with van der Waals surface area (Å²) in [7, 11) is 0. The van der Waals surface area contributed by atoms with Crippen molar-refractivity contribution >= 4 is 56.2 Å². The van der Waals surface area contributed by atoms with Gasteiger partial charge in [-0.1, -0.05) is 69.3 Å². The Hall–Kier alpha value is -4.15. The molecule has 0 saturated carbocycles. The van der Waals surface area contributed by atoms with Crippen LogP contribution in [-0.2, 0) is 10.2 Å². The van der Waals surface area contributed by atoms with Gasteiger partial charge >= 0.3 is 0 Å². The number of para-hydroxylation sites is 1. The molecule has 7 rings (SSSR count). The zero-order valence-corrected chi connectivity index (χ0v) is 25.0. The number of aromatic nitrogens is 3. The molecular weight excluding hydrogens is 518 g/mol. The van der Waals surface area contributed by atoms with Crippen molar-refractivity contribution in [2.24, 2.45) is 0 Å². The molecule has 0 saturated heterocycles. The maximum absolute atomic E-state index is 5.17. The van der Waals surface area contributed by atoms with Crippen molar-refractivity contribution in [3.05, 3.63) is 115 Å².